The molecule has 21 heavy (non-hydrogen) atoms. The number of fused-ring (bicyclic) bond motifs is 3. The maximum atomic E-state index is 5.71. The van der Waals surface area contributed by atoms with Crippen molar-refractivity contribution >= 4 is 11.6 Å². The summed E-state index contributed by atoms with van der Waals surface area (Å²) in [4.78, 5) is 9.01. The third-order valence-electron chi connectivity index (χ3n) is 3.42. The molecule has 1 aliphatic heterocycles. The second-order valence-corrected chi connectivity index (χ2v) is 4.84. The molecular weight excluding hydrogens is 262 g/mol. The van der Waals surface area contributed by atoms with E-state index in [9.17, 15) is 0 Å². The molecule has 4 rings (SSSR count). The van der Waals surface area contributed by atoms with Crippen molar-refractivity contribution in [3.05, 3.63) is 66.4 Å². The molecule has 102 valence electrons. The molecule has 0 fully saturated rings. The van der Waals surface area contributed by atoms with Gasteiger partial charge in [0.05, 0.1) is 5.69 Å². The van der Waals surface area contributed by atoms with Crippen LogP contribution in [-0.2, 0) is 6.61 Å². The smallest absolute Gasteiger partial charge is 0.227 e. The first kappa shape index (κ1) is 11.9. The van der Waals surface area contributed by atoms with Crippen LogP contribution >= 0.6 is 0 Å². The highest BCUT2D eigenvalue weighted by Crippen LogP contribution is 2.36. The van der Waals surface area contributed by atoms with Crippen LogP contribution in [0, 0.1) is 0 Å². The fourth-order valence-corrected chi connectivity index (χ4v) is 2.40. The molecule has 0 aliphatic carbocycles. The van der Waals surface area contributed by atoms with Crippen molar-refractivity contribution in [2.24, 2.45) is 0 Å². The van der Waals surface area contributed by atoms with Gasteiger partial charge in [0.25, 0.3) is 0 Å². The molecule has 0 unspecified atom stereocenters. The highest BCUT2D eigenvalue weighted by Gasteiger charge is 2.19. The van der Waals surface area contributed by atoms with E-state index in [1.807, 2.05) is 60.8 Å². The van der Waals surface area contributed by atoms with Gasteiger partial charge in [0.15, 0.2) is 0 Å². The summed E-state index contributed by atoms with van der Waals surface area (Å²) >= 11 is 0. The van der Waals surface area contributed by atoms with Crippen LogP contribution in [0.1, 0.15) is 5.56 Å². The molecule has 4 nitrogen and oxygen atoms in total. The number of hydrogen-bond donors (Lipinski definition) is 1. The van der Waals surface area contributed by atoms with E-state index in [0.717, 1.165) is 28.3 Å². The van der Waals surface area contributed by atoms with Crippen molar-refractivity contribution in [3.63, 3.8) is 0 Å². The third kappa shape index (κ3) is 2.21. The minimum absolute atomic E-state index is 0.512. The number of nitrogens with one attached hydrogen (secondary N) is 1. The molecule has 2 heterocycles. The van der Waals surface area contributed by atoms with E-state index in [-0.39, 0.29) is 0 Å². The summed E-state index contributed by atoms with van der Waals surface area (Å²) in [7, 11) is 0. The van der Waals surface area contributed by atoms with Gasteiger partial charge in [-0.15, -0.1) is 0 Å². The Morgan fingerprint density at radius 2 is 1.76 bits per heavy atom. The third-order valence-corrected chi connectivity index (χ3v) is 3.42. The van der Waals surface area contributed by atoms with Gasteiger partial charge >= 0.3 is 0 Å². The highest BCUT2D eigenvalue weighted by atomic mass is 16.5. The Hall–Kier alpha value is -2.88. The van der Waals surface area contributed by atoms with Crippen LogP contribution < -0.4 is 10.1 Å². The summed E-state index contributed by atoms with van der Waals surface area (Å²) in [6, 6.07) is 17.8. The van der Waals surface area contributed by atoms with Gasteiger partial charge < -0.3 is 10.1 Å². The molecule has 0 amide bonds. The number of aromatic nitrogens is 2. The summed E-state index contributed by atoms with van der Waals surface area (Å²) in [5.74, 6) is 1.46. The van der Waals surface area contributed by atoms with Crippen molar-refractivity contribution < 1.29 is 4.74 Å². The number of para-hydroxylation sites is 2. The Labute approximate surface area is 122 Å². The van der Waals surface area contributed by atoms with Crippen molar-refractivity contribution in [3.8, 4) is 17.0 Å². The minimum atomic E-state index is 0.512. The van der Waals surface area contributed by atoms with Gasteiger partial charge in [-0.25, -0.2) is 9.97 Å². The lowest BCUT2D eigenvalue weighted by molar-refractivity contribution is 0.301. The van der Waals surface area contributed by atoms with Gasteiger partial charge in [0.2, 0.25) is 5.95 Å². The quantitative estimate of drug-likeness (QED) is 0.773. The Morgan fingerprint density at radius 3 is 2.67 bits per heavy atom. The molecule has 0 atom stereocenters. The second-order valence-electron chi connectivity index (χ2n) is 4.84. The number of benzene rings is 2. The molecule has 0 saturated heterocycles. The maximum absolute atomic E-state index is 5.71. The molecule has 2 aromatic carbocycles. The molecular formula is C17H13N3O. The van der Waals surface area contributed by atoms with E-state index in [0.29, 0.717) is 12.6 Å². The Bertz CT molecular complexity index is 787. The van der Waals surface area contributed by atoms with Crippen LogP contribution in [0.3, 0.4) is 0 Å². The van der Waals surface area contributed by atoms with Gasteiger partial charge in [-0.3, -0.25) is 0 Å². The molecule has 0 radical (unpaired) electrons. The molecule has 1 N–H and O–H groups in total. The fraction of sp³-hybridized carbons (Fsp3) is 0.0588. The van der Waals surface area contributed by atoms with Gasteiger partial charge in [-0.1, -0.05) is 30.3 Å². The predicted molar refractivity (Wildman–Crippen MR) is 81.5 cm³/mol. The first-order chi connectivity index (χ1) is 10.4. The average Bonchev–Trinajstić information content (AvgIpc) is 2.56. The molecule has 0 spiro atoms. The molecule has 4 heteroatoms. The van der Waals surface area contributed by atoms with Gasteiger partial charge in [0, 0.05) is 23.0 Å². The van der Waals surface area contributed by atoms with Crippen molar-refractivity contribution in [2.75, 3.05) is 5.32 Å². The standard InChI is InChI=1S/C17H13N3O/c1-2-6-13(7-3-1)19-17-18-10-12-11-21-15-9-5-4-8-14(15)16(12)20-17/h1-10H,11H2,(H,18,19,20). The van der Waals surface area contributed by atoms with E-state index in [2.05, 4.69) is 15.3 Å². The Kier molecular flexibility index (Phi) is 2.78. The average molecular weight is 275 g/mol. The largest absolute Gasteiger partial charge is 0.488 e. The zero-order chi connectivity index (χ0) is 14.1. The summed E-state index contributed by atoms with van der Waals surface area (Å²) in [5, 5.41) is 3.22. The number of rotatable bonds is 2. The number of hydrogen-bond acceptors (Lipinski definition) is 4. The van der Waals surface area contributed by atoms with Gasteiger partial charge in [-0.2, -0.15) is 0 Å². The summed E-state index contributed by atoms with van der Waals surface area (Å²) < 4.78 is 5.71. The molecule has 1 aliphatic rings. The van der Waals surface area contributed by atoms with E-state index < -0.39 is 0 Å². The predicted octanol–water partition coefficient (Wildman–Crippen LogP) is 3.78. The molecule has 0 bridgehead atoms. The van der Waals surface area contributed by atoms with Crippen LogP contribution in [0.15, 0.2) is 60.8 Å². The second kappa shape index (κ2) is 4.90. The topological polar surface area (TPSA) is 47.0 Å². The van der Waals surface area contributed by atoms with E-state index in [1.165, 1.54) is 0 Å². The fourth-order valence-electron chi connectivity index (χ4n) is 2.40. The van der Waals surface area contributed by atoms with E-state index in [4.69, 9.17) is 4.74 Å². The monoisotopic (exact) mass is 275 g/mol. The lowest BCUT2D eigenvalue weighted by Crippen LogP contribution is -2.09. The van der Waals surface area contributed by atoms with Crippen molar-refractivity contribution in [1.82, 2.24) is 9.97 Å². The van der Waals surface area contributed by atoms with Crippen molar-refractivity contribution in [2.45, 2.75) is 6.61 Å². The summed E-state index contributed by atoms with van der Waals surface area (Å²) in [5.41, 5.74) is 3.92. The number of nitrogens with zero attached hydrogens (tertiary/aromatic N) is 2. The van der Waals surface area contributed by atoms with Crippen molar-refractivity contribution in [1.29, 1.82) is 0 Å². The number of anilines is 2. The lowest BCUT2D eigenvalue weighted by Gasteiger charge is -2.19. The van der Waals surface area contributed by atoms with Gasteiger partial charge in [-0.05, 0) is 24.3 Å². The van der Waals surface area contributed by atoms with E-state index in [1.54, 1.807) is 0 Å². The Balaban J connectivity index is 1.74. The lowest BCUT2D eigenvalue weighted by atomic mass is 10.0. The first-order valence-corrected chi connectivity index (χ1v) is 6.80. The van der Waals surface area contributed by atoms with Gasteiger partial charge in [0.1, 0.15) is 12.4 Å². The minimum Gasteiger partial charge on any atom is -0.488 e. The zero-order valence-corrected chi connectivity index (χ0v) is 11.3. The zero-order valence-electron chi connectivity index (χ0n) is 11.3. The normalized spacial score (nSPS) is 12.0. The van der Waals surface area contributed by atoms with Crippen LogP contribution in [0.25, 0.3) is 11.3 Å². The van der Waals surface area contributed by atoms with Crippen LogP contribution in [-0.4, -0.2) is 9.97 Å². The maximum Gasteiger partial charge on any atom is 0.227 e. The molecule has 1 aromatic heterocycles. The number of ether oxygens (including phenoxy) is 1. The molecule has 3 aromatic rings. The highest BCUT2D eigenvalue weighted by molar-refractivity contribution is 5.72. The summed E-state index contributed by atoms with van der Waals surface area (Å²) in [6.07, 6.45) is 1.82. The van der Waals surface area contributed by atoms with Crippen LogP contribution in [0.2, 0.25) is 0 Å². The SMILES string of the molecule is c1ccc(Nc2ncc3c(n2)-c2ccccc2OC3)cc1. The van der Waals surface area contributed by atoms with E-state index >= 15 is 0 Å². The molecule has 0 saturated carbocycles. The first-order valence-electron chi connectivity index (χ1n) is 6.80. The van der Waals surface area contributed by atoms with Crippen LogP contribution in [0.5, 0.6) is 5.75 Å². The summed E-state index contributed by atoms with van der Waals surface area (Å²) in [6.45, 7) is 0.512. The van der Waals surface area contributed by atoms with Crippen LogP contribution in [0.4, 0.5) is 11.6 Å². The Morgan fingerprint density at radius 1 is 0.952 bits per heavy atom.